The fraction of sp³-hybridized carbons (Fsp3) is 0.714. The summed E-state index contributed by atoms with van der Waals surface area (Å²) in [6.07, 6.45) is 7.14. The number of nitrogens with zero attached hydrogens (tertiary/aromatic N) is 3. The first-order chi connectivity index (χ1) is 8.65. The van der Waals surface area contributed by atoms with Crippen LogP contribution in [-0.2, 0) is 18.4 Å². The Morgan fingerprint density at radius 3 is 2.56 bits per heavy atom. The SMILES string of the molecule is Cc1c(CN2C3CCCC2CC(=O)C3)cnn1C. The molecule has 2 aliphatic heterocycles. The number of fused-ring (bicyclic) bond motifs is 2. The van der Waals surface area contributed by atoms with Crippen LogP contribution >= 0.6 is 0 Å². The second-order valence-corrected chi connectivity index (χ2v) is 5.74. The van der Waals surface area contributed by atoms with Crippen molar-refractivity contribution in [3.63, 3.8) is 0 Å². The Balaban J connectivity index is 1.80. The summed E-state index contributed by atoms with van der Waals surface area (Å²) in [7, 11) is 1.99. The molecule has 0 radical (unpaired) electrons. The number of aromatic nitrogens is 2. The zero-order valence-electron chi connectivity index (χ0n) is 11.2. The fourth-order valence-electron chi connectivity index (χ4n) is 3.42. The third kappa shape index (κ3) is 1.99. The van der Waals surface area contributed by atoms with Gasteiger partial charge >= 0.3 is 0 Å². The molecule has 2 saturated heterocycles. The van der Waals surface area contributed by atoms with Gasteiger partial charge in [0, 0.05) is 49.8 Å². The summed E-state index contributed by atoms with van der Waals surface area (Å²) in [4.78, 5) is 14.3. The molecule has 2 unspecified atom stereocenters. The van der Waals surface area contributed by atoms with Crippen molar-refractivity contribution in [2.45, 2.75) is 57.7 Å². The molecule has 2 aliphatic rings. The Morgan fingerprint density at radius 1 is 1.33 bits per heavy atom. The lowest BCUT2D eigenvalue weighted by Gasteiger charge is -2.45. The maximum atomic E-state index is 11.7. The maximum absolute atomic E-state index is 11.7. The molecule has 1 aromatic heterocycles. The van der Waals surface area contributed by atoms with E-state index in [1.807, 2.05) is 17.9 Å². The standard InChI is InChI=1S/C14H21N3O/c1-10-11(8-15-16(10)2)9-17-12-4-3-5-13(17)7-14(18)6-12/h8,12-13H,3-7,9H2,1-2H3. The molecule has 18 heavy (non-hydrogen) atoms. The highest BCUT2D eigenvalue weighted by atomic mass is 16.1. The van der Waals surface area contributed by atoms with Crippen LogP contribution in [0.25, 0.3) is 0 Å². The summed E-state index contributed by atoms with van der Waals surface area (Å²) in [5.74, 6) is 0.462. The van der Waals surface area contributed by atoms with Gasteiger partial charge in [0.1, 0.15) is 5.78 Å². The van der Waals surface area contributed by atoms with E-state index in [0.29, 0.717) is 17.9 Å². The van der Waals surface area contributed by atoms with Crippen LogP contribution in [0.5, 0.6) is 0 Å². The number of Topliss-reactive ketones (excluding diaryl/α,β-unsaturated/α-hetero) is 1. The number of hydrogen-bond donors (Lipinski definition) is 0. The Bertz CT molecular complexity index is 450. The molecule has 2 atom stereocenters. The molecule has 2 bridgehead atoms. The molecule has 0 aliphatic carbocycles. The number of piperidine rings is 2. The van der Waals surface area contributed by atoms with Gasteiger partial charge in [0.05, 0.1) is 6.20 Å². The van der Waals surface area contributed by atoms with Crippen molar-refractivity contribution in [2.75, 3.05) is 0 Å². The lowest BCUT2D eigenvalue weighted by molar-refractivity contribution is -0.127. The van der Waals surface area contributed by atoms with E-state index in [9.17, 15) is 4.79 Å². The van der Waals surface area contributed by atoms with Gasteiger partial charge in [-0.1, -0.05) is 6.42 Å². The first-order valence-electron chi connectivity index (χ1n) is 6.90. The Hall–Kier alpha value is -1.16. The fourth-order valence-corrected chi connectivity index (χ4v) is 3.42. The first-order valence-corrected chi connectivity index (χ1v) is 6.90. The Kier molecular flexibility index (Phi) is 2.98. The van der Waals surface area contributed by atoms with E-state index in [-0.39, 0.29) is 0 Å². The third-order valence-corrected chi connectivity index (χ3v) is 4.63. The largest absolute Gasteiger partial charge is 0.300 e. The van der Waals surface area contributed by atoms with E-state index >= 15 is 0 Å². The van der Waals surface area contributed by atoms with Crippen LogP contribution in [-0.4, -0.2) is 32.5 Å². The number of hydrogen-bond acceptors (Lipinski definition) is 3. The second-order valence-electron chi connectivity index (χ2n) is 5.74. The minimum atomic E-state index is 0.462. The van der Waals surface area contributed by atoms with Gasteiger partial charge in [-0.3, -0.25) is 14.4 Å². The molecule has 0 saturated carbocycles. The Labute approximate surface area is 108 Å². The van der Waals surface area contributed by atoms with Crippen molar-refractivity contribution in [2.24, 2.45) is 7.05 Å². The summed E-state index contributed by atoms with van der Waals surface area (Å²) in [5.41, 5.74) is 2.55. The highest BCUT2D eigenvalue weighted by molar-refractivity contribution is 5.80. The number of aryl methyl sites for hydroxylation is 1. The lowest BCUT2D eigenvalue weighted by atomic mass is 9.83. The van der Waals surface area contributed by atoms with Crippen molar-refractivity contribution >= 4 is 5.78 Å². The number of rotatable bonds is 2. The molecule has 0 aromatic carbocycles. The monoisotopic (exact) mass is 247 g/mol. The van der Waals surface area contributed by atoms with Crippen molar-refractivity contribution in [3.05, 3.63) is 17.5 Å². The molecule has 1 aromatic rings. The molecular weight excluding hydrogens is 226 g/mol. The topological polar surface area (TPSA) is 38.1 Å². The van der Waals surface area contributed by atoms with Crippen LogP contribution in [0.2, 0.25) is 0 Å². The van der Waals surface area contributed by atoms with Gasteiger partial charge in [-0.2, -0.15) is 5.10 Å². The zero-order chi connectivity index (χ0) is 12.7. The van der Waals surface area contributed by atoms with Crippen LogP contribution < -0.4 is 0 Å². The number of carbonyl (C=O) groups is 1. The molecule has 3 rings (SSSR count). The maximum Gasteiger partial charge on any atom is 0.136 e. The van der Waals surface area contributed by atoms with Gasteiger partial charge < -0.3 is 0 Å². The van der Waals surface area contributed by atoms with Crippen molar-refractivity contribution < 1.29 is 4.79 Å². The summed E-state index contributed by atoms with van der Waals surface area (Å²) < 4.78 is 1.93. The van der Waals surface area contributed by atoms with E-state index in [1.54, 1.807) is 0 Å². The highest BCUT2D eigenvalue weighted by Gasteiger charge is 2.37. The summed E-state index contributed by atoms with van der Waals surface area (Å²) >= 11 is 0. The van der Waals surface area contributed by atoms with Gasteiger partial charge in [0.25, 0.3) is 0 Å². The zero-order valence-corrected chi connectivity index (χ0v) is 11.2. The molecule has 3 heterocycles. The van der Waals surface area contributed by atoms with Crippen LogP contribution in [0.15, 0.2) is 6.20 Å². The Morgan fingerprint density at radius 2 is 2.00 bits per heavy atom. The van der Waals surface area contributed by atoms with E-state index in [2.05, 4.69) is 16.9 Å². The van der Waals surface area contributed by atoms with Gasteiger partial charge in [0.15, 0.2) is 0 Å². The van der Waals surface area contributed by atoms with E-state index in [4.69, 9.17) is 0 Å². The molecule has 98 valence electrons. The quantitative estimate of drug-likeness (QED) is 0.800. The minimum absolute atomic E-state index is 0.462. The molecule has 0 spiro atoms. The van der Waals surface area contributed by atoms with E-state index < -0.39 is 0 Å². The van der Waals surface area contributed by atoms with E-state index in [1.165, 1.54) is 30.5 Å². The first kappa shape index (κ1) is 11.9. The molecule has 2 fully saturated rings. The molecule has 0 N–H and O–H groups in total. The van der Waals surface area contributed by atoms with Crippen LogP contribution in [0, 0.1) is 6.92 Å². The summed E-state index contributed by atoms with van der Waals surface area (Å²) in [6.45, 7) is 3.08. The number of ketones is 1. The van der Waals surface area contributed by atoms with Crippen molar-refractivity contribution in [3.8, 4) is 0 Å². The second kappa shape index (κ2) is 4.50. The normalized spacial score (nSPS) is 28.7. The minimum Gasteiger partial charge on any atom is -0.300 e. The van der Waals surface area contributed by atoms with Gasteiger partial charge in [-0.15, -0.1) is 0 Å². The predicted molar refractivity (Wildman–Crippen MR) is 69.2 cm³/mol. The molecule has 4 nitrogen and oxygen atoms in total. The van der Waals surface area contributed by atoms with Crippen LogP contribution in [0.1, 0.15) is 43.4 Å². The average Bonchev–Trinajstić information content (AvgIpc) is 2.62. The molecule has 4 heteroatoms. The van der Waals surface area contributed by atoms with Crippen LogP contribution in [0.3, 0.4) is 0 Å². The molecular formula is C14H21N3O. The van der Waals surface area contributed by atoms with Crippen LogP contribution in [0.4, 0.5) is 0 Å². The lowest BCUT2D eigenvalue weighted by Crippen LogP contribution is -2.51. The van der Waals surface area contributed by atoms with Crippen molar-refractivity contribution in [1.29, 1.82) is 0 Å². The smallest absolute Gasteiger partial charge is 0.136 e. The third-order valence-electron chi connectivity index (χ3n) is 4.63. The van der Waals surface area contributed by atoms with Gasteiger partial charge in [0.2, 0.25) is 0 Å². The summed E-state index contributed by atoms with van der Waals surface area (Å²) in [6, 6.07) is 0.953. The van der Waals surface area contributed by atoms with Gasteiger partial charge in [-0.05, 0) is 19.8 Å². The number of carbonyl (C=O) groups excluding carboxylic acids is 1. The molecule has 0 amide bonds. The van der Waals surface area contributed by atoms with Crippen molar-refractivity contribution in [1.82, 2.24) is 14.7 Å². The van der Waals surface area contributed by atoms with Gasteiger partial charge in [-0.25, -0.2) is 0 Å². The predicted octanol–water partition coefficient (Wildman–Crippen LogP) is 1.81. The van der Waals surface area contributed by atoms with E-state index in [0.717, 1.165) is 19.4 Å². The summed E-state index contributed by atoms with van der Waals surface area (Å²) in [5, 5.41) is 4.31. The highest BCUT2D eigenvalue weighted by Crippen LogP contribution is 2.33. The average molecular weight is 247 g/mol.